The van der Waals surface area contributed by atoms with Gasteiger partial charge in [-0.1, -0.05) is 20.8 Å². The van der Waals surface area contributed by atoms with Crippen molar-refractivity contribution in [2.75, 3.05) is 6.54 Å². The molecular weight excluding hydrogens is 409 g/mol. The second kappa shape index (κ2) is 7.65. The highest BCUT2D eigenvalue weighted by Gasteiger charge is 2.37. The van der Waals surface area contributed by atoms with Crippen molar-refractivity contribution in [1.29, 1.82) is 0 Å². The number of likely N-dealkylation sites (tertiary alicyclic amines) is 1. The Balaban J connectivity index is 1.74. The largest absolute Gasteiger partial charge is 0.433 e. The fourth-order valence-corrected chi connectivity index (χ4v) is 3.91. The fourth-order valence-electron chi connectivity index (χ4n) is 3.91. The Hall–Kier alpha value is -2.91. The Labute approximate surface area is 177 Å². The predicted octanol–water partition coefficient (Wildman–Crippen LogP) is 4.00. The highest BCUT2D eigenvalue weighted by Crippen LogP contribution is 2.35. The van der Waals surface area contributed by atoms with Gasteiger partial charge in [0.2, 0.25) is 5.91 Å². The van der Waals surface area contributed by atoms with E-state index in [-0.39, 0.29) is 24.1 Å². The molecule has 0 aromatic carbocycles. The van der Waals surface area contributed by atoms with Crippen LogP contribution in [0, 0.1) is 0 Å². The number of piperidine rings is 1. The van der Waals surface area contributed by atoms with Gasteiger partial charge < -0.3 is 9.47 Å². The highest BCUT2D eigenvalue weighted by atomic mass is 19.4. The first-order valence-corrected chi connectivity index (χ1v) is 10.3. The minimum Gasteiger partial charge on any atom is -0.332 e. The number of rotatable bonds is 3. The predicted molar refractivity (Wildman–Crippen MR) is 107 cm³/mol. The Morgan fingerprint density at radius 2 is 1.97 bits per heavy atom. The van der Waals surface area contributed by atoms with E-state index in [4.69, 9.17) is 0 Å². The number of halogens is 3. The van der Waals surface area contributed by atoms with Gasteiger partial charge in [-0.2, -0.15) is 18.3 Å². The molecule has 0 radical (unpaired) electrons. The summed E-state index contributed by atoms with van der Waals surface area (Å²) in [5.74, 6) is -0.112. The van der Waals surface area contributed by atoms with Crippen molar-refractivity contribution in [2.24, 2.45) is 0 Å². The van der Waals surface area contributed by atoms with Crippen LogP contribution in [0.5, 0.6) is 0 Å². The molecule has 0 bridgehead atoms. The zero-order valence-electron chi connectivity index (χ0n) is 17.7. The quantitative estimate of drug-likeness (QED) is 0.625. The molecule has 4 heterocycles. The molecule has 31 heavy (non-hydrogen) atoms. The van der Waals surface area contributed by atoms with Crippen LogP contribution in [-0.2, 0) is 22.9 Å². The summed E-state index contributed by atoms with van der Waals surface area (Å²) < 4.78 is 43.9. The Bertz CT molecular complexity index is 1080. The molecule has 10 heteroatoms. The zero-order chi connectivity index (χ0) is 22.4. The third kappa shape index (κ3) is 4.28. The second-order valence-corrected chi connectivity index (χ2v) is 8.95. The number of fused-ring (bicyclic) bond motifs is 1. The molecule has 1 aliphatic rings. The molecule has 7 nitrogen and oxygen atoms in total. The van der Waals surface area contributed by atoms with E-state index >= 15 is 0 Å². The first-order chi connectivity index (χ1) is 14.5. The Morgan fingerprint density at radius 3 is 2.61 bits per heavy atom. The van der Waals surface area contributed by atoms with Crippen LogP contribution in [0.4, 0.5) is 13.2 Å². The molecule has 0 unspecified atom stereocenters. The number of imidazole rings is 1. The smallest absolute Gasteiger partial charge is 0.332 e. The van der Waals surface area contributed by atoms with Crippen LogP contribution in [0.2, 0.25) is 0 Å². The molecule has 4 rings (SSSR count). The molecular formula is C21H25F3N6O. The van der Waals surface area contributed by atoms with Gasteiger partial charge in [0.15, 0.2) is 5.65 Å². The second-order valence-electron chi connectivity index (χ2n) is 8.95. The molecule has 1 fully saturated rings. The summed E-state index contributed by atoms with van der Waals surface area (Å²) >= 11 is 0. The Kier molecular flexibility index (Phi) is 5.26. The minimum absolute atomic E-state index is 0.112. The minimum atomic E-state index is -4.58. The van der Waals surface area contributed by atoms with E-state index in [1.807, 2.05) is 20.8 Å². The maximum atomic E-state index is 13.8. The normalized spacial score (nSPS) is 18.0. The van der Waals surface area contributed by atoms with Gasteiger partial charge in [0.25, 0.3) is 0 Å². The third-order valence-corrected chi connectivity index (χ3v) is 5.55. The van der Waals surface area contributed by atoms with Crippen molar-refractivity contribution < 1.29 is 18.0 Å². The highest BCUT2D eigenvalue weighted by molar-refractivity contribution is 5.76. The van der Waals surface area contributed by atoms with E-state index in [2.05, 4.69) is 15.1 Å². The number of amides is 1. The van der Waals surface area contributed by atoms with E-state index in [9.17, 15) is 18.0 Å². The van der Waals surface area contributed by atoms with E-state index in [1.54, 1.807) is 34.3 Å². The van der Waals surface area contributed by atoms with E-state index < -0.39 is 17.3 Å². The van der Waals surface area contributed by atoms with Gasteiger partial charge >= 0.3 is 6.18 Å². The van der Waals surface area contributed by atoms with Gasteiger partial charge in [0.05, 0.1) is 23.8 Å². The lowest BCUT2D eigenvalue weighted by Gasteiger charge is -2.34. The molecule has 3 aromatic heterocycles. The molecule has 0 saturated carbocycles. The monoisotopic (exact) mass is 434 g/mol. The van der Waals surface area contributed by atoms with Crippen molar-refractivity contribution in [1.82, 2.24) is 29.0 Å². The molecule has 1 atom stereocenters. The van der Waals surface area contributed by atoms with Crippen molar-refractivity contribution >= 4 is 11.6 Å². The van der Waals surface area contributed by atoms with Crippen molar-refractivity contribution in [2.45, 2.75) is 64.2 Å². The van der Waals surface area contributed by atoms with Crippen LogP contribution >= 0.6 is 0 Å². The SMILES string of the molecule is CC(C)(C)c1cc(C(F)(F)F)n2nc([C@H]3CCCCN3C(=O)Cn3ccnc3)cc2n1. The number of carbonyl (C=O) groups is 1. The average Bonchev–Trinajstić information content (AvgIpc) is 3.34. The number of hydrogen-bond donors (Lipinski definition) is 0. The Morgan fingerprint density at radius 1 is 1.19 bits per heavy atom. The molecule has 1 aliphatic heterocycles. The van der Waals surface area contributed by atoms with Crippen LogP contribution in [0.15, 0.2) is 30.9 Å². The van der Waals surface area contributed by atoms with Gasteiger partial charge in [-0.15, -0.1) is 0 Å². The van der Waals surface area contributed by atoms with Gasteiger partial charge in [-0.05, 0) is 25.3 Å². The van der Waals surface area contributed by atoms with Gasteiger partial charge in [0, 0.05) is 30.4 Å². The molecule has 1 saturated heterocycles. The number of nitrogens with zero attached hydrogens (tertiary/aromatic N) is 6. The molecule has 166 valence electrons. The van der Waals surface area contributed by atoms with Crippen LogP contribution in [0.25, 0.3) is 5.65 Å². The first-order valence-electron chi connectivity index (χ1n) is 10.3. The van der Waals surface area contributed by atoms with Gasteiger partial charge in [0.1, 0.15) is 12.2 Å². The number of aromatic nitrogens is 5. The topological polar surface area (TPSA) is 68.3 Å². The maximum absolute atomic E-state index is 13.8. The number of carbonyl (C=O) groups excluding carboxylic acids is 1. The van der Waals surface area contributed by atoms with Crippen molar-refractivity contribution in [3.63, 3.8) is 0 Å². The lowest BCUT2D eigenvalue weighted by Crippen LogP contribution is -2.40. The number of hydrogen-bond acceptors (Lipinski definition) is 4. The van der Waals surface area contributed by atoms with Gasteiger partial charge in [-0.25, -0.2) is 14.5 Å². The average molecular weight is 434 g/mol. The zero-order valence-corrected chi connectivity index (χ0v) is 17.7. The maximum Gasteiger partial charge on any atom is 0.433 e. The summed E-state index contributed by atoms with van der Waals surface area (Å²) in [4.78, 5) is 23.0. The fraction of sp³-hybridized carbons (Fsp3) is 0.524. The molecule has 0 N–H and O–H groups in total. The van der Waals surface area contributed by atoms with Gasteiger partial charge in [-0.3, -0.25) is 4.79 Å². The van der Waals surface area contributed by atoms with Crippen LogP contribution in [-0.4, -0.2) is 41.5 Å². The molecule has 0 aliphatic carbocycles. The lowest BCUT2D eigenvalue weighted by atomic mass is 9.91. The van der Waals surface area contributed by atoms with Crippen LogP contribution in [0.3, 0.4) is 0 Å². The third-order valence-electron chi connectivity index (χ3n) is 5.55. The summed E-state index contributed by atoms with van der Waals surface area (Å²) in [5, 5.41) is 4.28. The van der Waals surface area contributed by atoms with Crippen LogP contribution < -0.4 is 0 Å². The molecule has 1 amide bonds. The van der Waals surface area contributed by atoms with E-state index in [1.165, 1.54) is 0 Å². The lowest BCUT2D eigenvalue weighted by molar-refractivity contribution is -0.143. The van der Waals surface area contributed by atoms with Crippen LogP contribution in [0.1, 0.15) is 63.2 Å². The summed E-state index contributed by atoms with van der Waals surface area (Å²) in [7, 11) is 0. The summed E-state index contributed by atoms with van der Waals surface area (Å²) in [6.07, 6.45) is 2.66. The van der Waals surface area contributed by atoms with Crippen molar-refractivity contribution in [3.05, 3.63) is 47.9 Å². The van der Waals surface area contributed by atoms with E-state index in [0.717, 1.165) is 23.4 Å². The first kappa shape index (κ1) is 21.3. The summed E-state index contributed by atoms with van der Waals surface area (Å²) in [5.41, 5.74) is -0.495. The van der Waals surface area contributed by atoms with E-state index in [0.29, 0.717) is 24.4 Å². The summed E-state index contributed by atoms with van der Waals surface area (Å²) in [6, 6.07) is 2.26. The standard InChI is InChI=1S/C21H25F3N6O/c1-20(2,3)16-11-17(21(22,23)24)30-18(26-16)10-14(27-30)15-6-4-5-8-29(15)19(31)12-28-9-7-25-13-28/h7,9-11,13,15H,4-6,8,12H2,1-3H3/t15-/m1/s1. The number of alkyl halides is 3. The summed E-state index contributed by atoms with van der Waals surface area (Å²) in [6.45, 7) is 6.13. The molecule has 3 aromatic rings. The van der Waals surface area contributed by atoms with Crippen molar-refractivity contribution in [3.8, 4) is 0 Å². The molecule has 0 spiro atoms.